The molecule has 1 atom stereocenters. The largest absolute Gasteiger partial charge is 0.316 e. The van der Waals surface area contributed by atoms with E-state index in [0.717, 1.165) is 12.5 Å². The summed E-state index contributed by atoms with van der Waals surface area (Å²) in [6.07, 6.45) is 4.64. The van der Waals surface area contributed by atoms with Gasteiger partial charge < -0.3 is 5.32 Å². The summed E-state index contributed by atoms with van der Waals surface area (Å²) in [5.41, 5.74) is 1.92. The molecule has 1 aliphatic rings. The van der Waals surface area contributed by atoms with E-state index < -0.39 is 0 Å². The van der Waals surface area contributed by atoms with E-state index in [-0.39, 0.29) is 12.4 Å². The van der Waals surface area contributed by atoms with Crippen LogP contribution in [-0.2, 0) is 0 Å². The van der Waals surface area contributed by atoms with Gasteiger partial charge in [-0.05, 0) is 19.4 Å². The fraction of sp³-hybridized carbons (Fsp3) is 0.625. The van der Waals surface area contributed by atoms with Crippen LogP contribution in [0, 0.1) is 0 Å². The maximum atomic E-state index is 4.09. The van der Waals surface area contributed by atoms with Crippen molar-refractivity contribution in [2.75, 3.05) is 13.1 Å². The third kappa shape index (κ3) is 2.19. The van der Waals surface area contributed by atoms with Crippen LogP contribution in [0.1, 0.15) is 23.6 Å². The second kappa shape index (κ2) is 4.80. The second-order valence-corrected chi connectivity index (χ2v) is 3.87. The molecule has 0 saturated carbocycles. The predicted molar refractivity (Wildman–Crippen MR) is 54.2 cm³/mol. The number of aromatic nitrogens is 1. The molecule has 1 aromatic rings. The number of halogens is 1. The van der Waals surface area contributed by atoms with Crippen molar-refractivity contribution in [1.82, 2.24) is 10.3 Å². The predicted octanol–water partition coefficient (Wildman–Crippen LogP) is 2.03. The van der Waals surface area contributed by atoms with Crippen LogP contribution in [0.4, 0.5) is 0 Å². The van der Waals surface area contributed by atoms with Gasteiger partial charge in [0.1, 0.15) is 0 Å². The lowest BCUT2D eigenvalue weighted by atomic mass is 9.99. The van der Waals surface area contributed by atoms with Gasteiger partial charge in [-0.1, -0.05) is 0 Å². The molecule has 1 aliphatic heterocycles. The first-order valence-electron chi connectivity index (χ1n) is 4.06. The van der Waals surface area contributed by atoms with Crippen LogP contribution in [0.25, 0.3) is 0 Å². The number of nitrogens with zero attached hydrogens (tertiary/aromatic N) is 1. The Morgan fingerprint density at radius 3 is 3.08 bits per heavy atom. The van der Waals surface area contributed by atoms with Crippen molar-refractivity contribution >= 4 is 23.7 Å². The first kappa shape index (κ1) is 9.96. The Morgan fingerprint density at radius 2 is 2.50 bits per heavy atom. The van der Waals surface area contributed by atoms with E-state index in [4.69, 9.17) is 0 Å². The van der Waals surface area contributed by atoms with Gasteiger partial charge in [0.25, 0.3) is 0 Å². The zero-order chi connectivity index (χ0) is 7.52. The van der Waals surface area contributed by atoms with E-state index in [2.05, 4.69) is 10.3 Å². The van der Waals surface area contributed by atoms with E-state index in [9.17, 15) is 0 Å². The molecule has 1 aromatic heterocycles. The van der Waals surface area contributed by atoms with E-state index in [1.807, 2.05) is 11.7 Å². The molecule has 2 heterocycles. The molecular formula is C8H13ClN2S. The molecule has 1 N–H and O–H groups in total. The lowest BCUT2D eigenvalue weighted by molar-refractivity contribution is 0.466. The van der Waals surface area contributed by atoms with Gasteiger partial charge in [0.15, 0.2) is 0 Å². The van der Waals surface area contributed by atoms with Crippen LogP contribution < -0.4 is 5.32 Å². The van der Waals surface area contributed by atoms with E-state index >= 15 is 0 Å². The van der Waals surface area contributed by atoms with Crippen molar-refractivity contribution in [1.29, 1.82) is 0 Å². The van der Waals surface area contributed by atoms with Crippen LogP contribution in [0.15, 0.2) is 11.7 Å². The fourth-order valence-corrected chi connectivity index (χ4v) is 2.28. The monoisotopic (exact) mass is 204 g/mol. The normalized spacial score (nSPS) is 23.2. The lowest BCUT2D eigenvalue weighted by Gasteiger charge is -2.20. The van der Waals surface area contributed by atoms with Gasteiger partial charge in [0, 0.05) is 23.5 Å². The van der Waals surface area contributed by atoms with Crippen LogP contribution in [0.5, 0.6) is 0 Å². The number of hydrogen-bond donors (Lipinski definition) is 1. The lowest BCUT2D eigenvalue weighted by Crippen LogP contribution is -2.27. The first-order valence-corrected chi connectivity index (χ1v) is 4.94. The van der Waals surface area contributed by atoms with Crippen LogP contribution in [0.2, 0.25) is 0 Å². The summed E-state index contributed by atoms with van der Waals surface area (Å²) in [6, 6.07) is 0. The average molecular weight is 205 g/mol. The third-order valence-electron chi connectivity index (χ3n) is 2.15. The molecule has 68 valence electrons. The van der Waals surface area contributed by atoms with Gasteiger partial charge in [-0.3, -0.25) is 4.98 Å². The van der Waals surface area contributed by atoms with Crippen molar-refractivity contribution in [3.05, 3.63) is 16.6 Å². The molecule has 0 radical (unpaired) electrons. The third-order valence-corrected chi connectivity index (χ3v) is 3.09. The maximum absolute atomic E-state index is 4.09. The summed E-state index contributed by atoms with van der Waals surface area (Å²) in [5.74, 6) is 0.733. The Hall–Kier alpha value is -0.120. The smallest absolute Gasteiger partial charge is 0.0794 e. The Balaban J connectivity index is 0.000000720. The molecule has 0 aliphatic carbocycles. The highest BCUT2D eigenvalue weighted by molar-refractivity contribution is 7.09. The molecule has 0 spiro atoms. The highest BCUT2D eigenvalue weighted by Crippen LogP contribution is 2.25. The molecule has 0 amide bonds. The highest BCUT2D eigenvalue weighted by atomic mass is 35.5. The summed E-state index contributed by atoms with van der Waals surface area (Å²) in [7, 11) is 0. The molecule has 4 heteroatoms. The molecule has 12 heavy (non-hydrogen) atoms. The van der Waals surface area contributed by atoms with Gasteiger partial charge in [-0.25, -0.2) is 0 Å². The second-order valence-electron chi connectivity index (χ2n) is 2.95. The minimum absolute atomic E-state index is 0. The molecule has 0 bridgehead atoms. The molecule has 0 aromatic carbocycles. The van der Waals surface area contributed by atoms with Crippen molar-refractivity contribution in [3.63, 3.8) is 0 Å². The molecule has 1 saturated heterocycles. The first-order chi connectivity index (χ1) is 5.47. The molecular weight excluding hydrogens is 192 g/mol. The zero-order valence-electron chi connectivity index (χ0n) is 6.82. The summed E-state index contributed by atoms with van der Waals surface area (Å²) >= 11 is 1.78. The van der Waals surface area contributed by atoms with Crippen LogP contribution >= 0.6 is 23.7 Å². The number of hydrogen-bond acceptors (Lipinski definition) is 3. The Kier molecular flexibility index (Phi) is 3.98. The van der Waals surface area contributed by atoms with Gasteiger partial charge in [0.2, 0.25) is 0 Å². The summed E-state index contributed by atoms with van der Waals surface area (Å²) in [5, 5.41) is 3.40. The Morgan fingerprint density at radius 1 is 1.58 bits per heavy atom. The number of rotatable bonds is 1. The highest BCUT2D eigenvalue weighted by Gasteiger charge is 2.15. The van der Waals surface area contributed by atoms with Gasteiger partial charge in [0.05, 0.1) is 5.51 Å². The van der Waals surface area contributed by atoms with Crippen LogP contribution in [-0.4, -0.2) is 18.1 Å². The van der Waals surface area contributed by atoms with Crippen LogP contribution in [0.3, 0.4) is 0 Å². The van der Waals surface area contributed by atoms with Gasteiger partial charge in [-0.15, -0.1) is 23.7 Å². The van der Waals surface area contributed by atoms with Crippen molar-refractivity contribution in [3.8, 4) is 0 Å². The van der Waals surface area contributed by atoms with Gasteiger partial charge in [-0.2, -0.15) is 0 Å². The van der Waals surface area contributed by atoms with E-state index in [1.54, 1.807) is 11.3 Å². The van der Waals surface area contributed by atoms with Crippen molar-refractivity contribution in [2.24, 2.45) is 0 Å². The number of nitrogens with one attached hydrogen (secondary N) is 1. The molecule has 1 fully saturated rings. The molecule has 2 nitrogen and oxygen atoms in total. The number of piperidine rings is 1. The zero-order valence-corrected chi connectivity index (χ0v) is 8.46. The SMILES string of the molecule is Cl.c1ncc([C@@H]2CCCNC2)s1. The minimum atomic E-state index is 0. The van der Waals surface area contributed by atoms with E-state index in [1.165, 1.54) is 24.3 Å². The summed E-state index contributed by atoms with van der Waals surface area (Å²) in [6.45, 7) is 2.33. The average Bonchev–Trinajstić information content (AvgIpc) is 2.58. The molecule has 2 rings (SSSR count). The Labute approximate surface area is 82.8 Å². The summed E-state index contributed by atoms with van der Waals surface area (Å²) in [4.78, 5) is 5.53. The topological polar surface area (TPSA) is 24.9 Å². The van der Waals surface area contributed by atoms with E-state index in [0.29, 0.717) is 0 Å². The van der Waals surface area contributed by atoms with Crippen molar-refractivity contribution < 1.29 is 0 Å². The molecule has 0 unspecified atom stereocenters. The van der Waals surface area contributed by atoms with Crippen molar-refractivity contribution in [2.45, 2.75) is 18.8 Å². The Bertz CT molecular complexity index is 207. The van der Waals surface area contributed by atoms with Gasteiger partial charge >= 0.3 is 0 Å². The fourth-order valence-electron chi connectivity index (χ4n) is 1.52. The standard InChI is InChI=1S/C8H12N2S.ClH/c1-2-7(4-9-3-1)8-5-10-6-11-8;/h5-7,9H,1-4H2;1H/t7-;/m1./s1. The minimum Gasteiger partial charge on any atom is -0.316 e. The number of thiazole rings is 1. The quantitative estimate of drug-likeness (QED) is 0.758. The maximum Gasteiger partial charge on any atom is 0.0794 e. The summed E-state index contributed by atoms with van der Waals surface area (Å²) < 4.78 is 0.